The van der Waals surface area contributed by atoms with E-state index in [4.69, 9.17) is 0 Å². The van der Waals surface area contributed by atoms with E-state index < -0.39 is 0 Å². The second-order valence-corrected chi connectivity index (χ2v) is 8.78. The second kappa shape index (κ2) is 9.58. The predicted molar refractivity (Wildman–Crippen MR) is 135 cm³/mol. The minimum Gasteiger partial charge on any atom is -0.292 e. The Bertz CT molecular complexity index is 1470. The normalized spacial score (nSPS) is 12.7. The van der Waals surface area contributed by atoms with Crippen LogP contribution >= 0.6 is 0 Å². The molecule has 35 heavy (non-hydrogen) atoms. The Morgan fingerprint density at radius 2 is 1.89 bits per heavy atom. The molecule has 0 spiro atoms. The predicted octanol–water partition coefficient (Wildman–Crippen LogP) is 5.29. The van der Waals surface area contributed by atoms with E-state index in [9.17, 15) is 9.18 Å². The number of hydrogen-bond acceptors (Lipinski definition) is 4. The minimum absolute atomic E-state index is 0.00262. The lowest BCUT2D eigenvalue weighted by Crippen LogP contribution is -2.11. The van der Waals surface area contributed by atoms with Crippen LogP contribution in [0.4, 0.5) is 4.39 Å². The molecule has 0 N–H and O–H groups in total. The van der Waals surface area contributed by atoms with Gasteiger partial charge in [-0.15, -0.1) is 0 Å². The van der Waals surface area contributed by atoms with Crippen molar-refractivity contribution in [3.05, 3.63) is 124 Å². The molecule has 5 nitrogen and oxygen atoms in total. The van der Waals surface area contributed by atoms with Gasteiger partial charge in [-0.3, -0.25) is 19.5 Å². The highest BCUT2D eigenvalue weighted by atomic mass is 19.1. The molecule has 2 aromatic carbocycles. The third-order valence-electron chi connectivity index (χ3n) is 6.12. The number of carbonyl (C=O) groups is 1. The number of allylic oxidation sites excluding steroid dienone is 1. The van der Waals surface area contributed by atoms with Gasteiger partial charge in [-0.1, -0.05) is 36.4 Å². The summed E-state index contributed by atoms with van der Waals surface area (Å²) in [5, 5.41) is 4.22. The number of aliphatic imine (C=N–C) groups is 1. The van der Waals surface area contributed by atoms with Crippen molar-refractivity contribution in [3.8, 4) is 0 Å². The molecule has 0 aliphatic carbocycles. The molecule has 0 saturated carbocycles. The van der Waals surface area contributed by atoms with Crippen LogP contribution in [0.5, 0.6) is 0 Å². The largest absolute Gasteiger partial charge is 0.292 e. The maximum absolute atomic E-state index is 14.5. The first-order chi connectivity index (χ1) is 17.0. The Kier molecular flexibility index (Phi) is 6.19. The van der Waals surface area contributed by atoms with Gasteiger partial charge in [0.05, 0.1) is 23.6 Å². The van der Waals surface area contributed by atoms with Crippen LogP contribution in [0.1, 0.15) is 49.7 Å². The molecule has 1 aliphatic rings. The van der Waals surface area contributed by atoms with E-state index in [0.717, 1.165) is 33.8 Å². The first kappa shape index (κ1) is 22.6. The quantitative estimate of drug-likeness (QED) is 0.349. The average molecular weight is 465 g/mol. The molecule has 0 fully saturated rings. The summed E-state index contributed by atoms with van der Waals surface area (Å²) in [6.45, 7) is 2.47. The zero-order chi connectivity index (χ0) is 24.4. The average Bonchev–Trinajstić information content (AvgIpc) is 3.42. The van der Waals surface area contributed by atoms with Crippen LogP contribution in [-0.2, 0) is 26.4 Å². The first-order valence-electron chi connectivity index (χ1n) is 11.5. The molecule has 0 atom stereocenters. The molecular formula is C29H25FN4O. The van der Waals surface area contributed by atoms with E-state index in [0.29, 0.717) is 24.2 Å². The van der Waals surface area contributed by atoms with Gasteiger partial charge in [-0.2, -0.15) is 5.10 Å². The number of aryl methyl sites for hydroxylation is 2. The highest BCUT2D eigenvalue weighted by molar-refractivity contribution is 6.13. The van der Waals surface area contributed by atoms with E-state index >= 15 is 0 Å². The van der Waals surface area contributed by atoms with E-state index in [1.807, 2.05) is 37.3 Å². The lowest BCUT2D eigenvalue weighted by Gasteiger charge is -2.09. The van der Waals surface area contributed by atoms with Crippen molar-refractivity contribution >= 4 is 17.6 Å². The number of hydrogen-bond donors (Lipinski definition) is 0. The van der Waals surface area contributed by atoms with Crippen LogP contribution in [0.25, 0.3) is 6.08 Å². The molecule has 0 bridgehead atoms. The van der Waals surface area contributed by atoms with Crippen LogP contribution in [-0.4, -0.2) is 26.3 Å². The smallest absolute Gasteiger partial charge is 0.185 e. The molecule has 5 rings (SSSR count). The number of fused-ring (bicyclic) bond motifs is 1. The van der Waals surface area contributed by atoms with Gasteiger partial charge in [0.2, 0.25) is 0 Å². The summed E-state index contributed by atoms with van der Waals surface area (Å²) < 4.78 is 16.1. The molecular weight excluding hydrogens is 439 g/mol. The number of ketones is 1. The number of carbonyl (C=O) groups excluding carboxylic acids is 1. The lowest BCUT2D eigenvalue weighted by atomic mass is 9.96. The number of rotatable bonds is 7. The summed E-state index contributed by atoms with van der Waals surface area (Å²) in [6.07, 6.45) is 6.39. The number of halogens is 1. The van der Waals surface area contributed by atoms with Gasteiger partial charge < -0.3 is 0 Å². The van der Waals surface area contributed by atoms with Gasteiger partial charge in [-0.25, -0.2) is 4.39 Å². The number of benzene rings is 2. The van der Waals surface area contributed by atoms with Crippen molar-refractivity contribution in [3.63, 3.8) is 0 Å². The van der Waals surface area contributed by atoms with E-state index in [1.165, 1.54) is 11.6 Å². The van der Waals surface area contributed by atoms with E-state index in [2.05, 4.69) is 33.3 Å². The van der Waals surface area contributed by atoms with Crippen molar-refractivity contribution in [1.29, 1.82) is 0 Å². The van der Waals surface area contributed by atoms with Crippen LogP contribution in [0, 0.1) is 12.7 Å². The molecule has 4 aromatic rings. The molecule has 0 saturated heterocycles. The molecule has 6 heteroatoms. The topological polar surface area (TPSA) is 60.1 Å². The van der Waals surface area contributed by atoms with Crippen molar-refractivity contribution in [1.82, 2.24) is 14.8 Å². The third kappa shape index (κ3) is 5.01. The summed E-state index contributed by atoms with van der Waals surface area (Å²) >= 11 is 0. The lowest BCUT2D eigenvalue weighted by molar-refractivity contribution is 0.0983. The van der Waals surface area contributed by atoms with E-state index in [1.54, 1.807) is 36.1 Å². The van der Waals surface area contributed by atoms with Crippen LogP contribution in [0.15, 0.2) is 77.9 Å². The summed E-state index contributed by atoms with van der Waals surface area (Å²) in [6, 6.07) is 18.9. The zero-order valence-corrected chi connectivity index (χ0v) is 19.7. The third-order valence-corrected chi connectivity index (χ3v) is 6.12. The Hall–Kier alpha value is -4.19. The highest BCUT2D eigenvalue weighted by Crippen LogP contribution is 2.24. The molecule has 3 heterocycles. The maximum atomic E-state index is 14.5. The molecule has 0 unspecified atom stereocenters. The fourth-order valence-corrected chi connectivity index (χ4v) is 4.42. The van der Waals surface area contributed by atoms with Crippen LogP contribution in [0.2, 0.25) is 0 Å². The SMILES string of the molecule is Cc1cc(C(=O)Cc2cc(Cc3ccc4c(c3)CN=C4/C=C/c3ccccn3)ccc2F)n(C)n1. The highest BCUT2D eigenvalue weighted by Gasteiger charge is 2.17. The Morgan fingerprint density at radius 1 is 1.06 bits per heavy atom. The summed E-state index contributed by atoms with van der Waals surface area (Å²) in [5.74, 6) is -0.516. The summed E-state index contributed by atoms with van der Waals surface area (Å²) in [5.41, 5.74) is 7.88. The Balaban J connectivity index is 1.30. The standard InChI is InChI=1S/C29H25FN4O/c1-19-13-28(34(2)33-19)29(35)17-22-15-21(7-10-26(22)30)14-20-6-9-25-23(16-20)18-32-27(25)11-8-24-5-3-4-12-31-24/h3-13,15-16H,14,17-18H2,1-2H3/b11-8+. The van der Waals surface area contributed by atoms with E-state index in [-0.39, 0.29) is 18.0 Å². The van der Waals surface area contributed by atoms with Crippen LogP contribution < -0.4 is 0 Å². The molecule has 0 radical (unpaired) electrons. The van der Waals surface area contributed by atoms with Gasteiger partial charge in [0.15, 0.2) is 5.78 Å². The van der Waals surface area contributed by atoms with Gasteiger partial charge in [0, 0.05) is 25.2 Å². The summed E-state index contributed by atoms with van der Waals surface area (Å²) in [7, 11) is 1.73. The van der Waals surface area contributed by atoms with Gasteiger partial charge in [0.1, 0.15) is 11.5 Å². The van der Waals surface area contributed by atoms with Crippen molar-refractivity contribution in [2.24, 2.45) is 12.0 Å². The fraction of sp³-hybridized carbons (Fsp3) is 0.172. The Labute approximate surface area is 203 Å². The number of pyridine rings is 1. The van der Waals surface area contributed by atoms with Crippen LogP contribution in [0.3, 0.4) is 0 Å². The van der Waals surface area contributed by atoms with Crippen molar-refractivity contribution in [2.75, 3.05) is 0 Å². The number of nitrogens with zero attached hydrogens (tertiary/aromatic N) is 4. The molecule has 1 aliphatic heterocycles. The molecule has 2 aromatic heterocycles. The van der Waals surface area contributed by atoms with Crippen molar-refractivity contribution in [2.45, 2.75) is 26.3 Å². The monoisotopic (exact) mass is 464 g/mol. The minimum atomic E-state index is -0.368. The van der Waals surface area contributed by atoms with Gasteiger partial charge in [-0.05, 0) is 72.0 Å². The maximum Gasteiger partial charge on any atom is 0.185 e. The zero-order valence-electron chi connectivity index (χ0n) is 19.7. The fourth-order valence-electron chi connectivity index (χ4n) is 4.42. The molecule has 174 valence electrons. The molecule has 0 amide bonds. The van der Waals surface area contributed by atoms with Gasteiger partial charge >= 0.3 is 0 Å². The second-order valence-electron chi connectivity index (χ2n) is 8.78. The first-order valence-corrected chi connectivity index (χ1v) is 11.5. The summed E-state index contributed by atoms with van der Waals surface area (Å²) in [4.78, 5) is 21.7. The number of Topliss-reactive ketones (excluding diaryl/α,β-unsaturated/α-hetero) is 1. The Morgan fingerprint density at radius 3 is 2.66 bits per heavy atom. The van der Waals surface area contributed by atoms with Gasteiger partial charge in [0.25, 0.3) is 0 Å². The van der Waals surface area contributed by atoms with Crippen molar-refractivity contribution < 1.29 is 9.18 Å². The number of aromatic nitrogens is 3.